The summed E-state index contributed by atoms with van der Waals surface area (Å²) >= 11 is 0. The topological polar surface area (TPSA) is 95.2 Å². The second-order valence-corrected chi connectivity index (χ2v) is 7.23. The van der Waals surface area contributed by atoms with E-state index in [0.29, 0.717) is 0 Å². The number of fused-ring (bicyclic) bond motifs is 1. The van der Waals surface area contributed by atoms with Crippen LogP contribution in [0, 0.1) is 10.2 Å². The predicted molar refractivity (Wildman–Crippen MR) is 85.2 cm³/mol. The van der Waals surface area contributed by atoms with Crippen LogP contribution in [0.2, 0.25) is 0 Å². The first-order valence-electron chi connectivity index (χ1n) is 7.97. The highest BCUT2D eigenvalue weighted by molar-refractivity contribution is 6.07. The van der Waals surface area contributed by atoms with Gasteiger partial charge in [-0.2, -0.15) is 4.58 Å². The van der Waals surface area contributed by atoms with Gasteiger partial charge in [0.2, 0.25) is 5.69 Å². The molecule has 3 rings (SSSR count). The van der Waals surface area contributed by atoms with Gasteiger partial charge >= 0.3 is 0 Å². The highest BCUT2D eigenvalue weighted by Gasteiger charge is 2.44. The predicted octanol–water partition coefficient (Wildman–Crippen LogP) is -0.453. The number of halogens is 1. The van der Waals surface area contributed by atoms with Gasteiger partial charge in [0.25, 0.3) is 0 Å². The molecule has 1 aliphatic heterocycles. The van der Waals surface area contributed by atoms with E-state index in [2.05, 4.69) is 80.9 Å². The summed E-state index contributed by atoms with van der Waals surface area (Å²) in [5.74, 6) is 0. The maximum Gasteiger partial charge on any atom is 0.209 e. The largest absolute Gasteiger partial charge is 0.222 e. The van der Waals surface area contributed by atoms with E-state index in [9.17, 15) is 0 Å². The fraction of sp³-hybridized carbons (Fsp3) is 0.316. The quantitative estimate of drug-likeness (QED) is 0.675. The Balaban J connectivity index is 0.000000399. The molecule has 0 atom stereocenters. The Morgan fingerprint density at radius 1 is 0.920 bits per heavy atom. The molecule has 1 heterocycles. The van der Waals surface area contributed by atoms with Crippen LogP contribution in [0.25, 0.3) is 0 Å². The molecule has 5 nitrogen and oxygen atoms in total. The second kappa shape index (κ2) is 7.23. The van der Waals surface area contributed by atoms with E-state index in [1.165, 1.54) is 28.1 Å². The third-order valence-electron chi connectivity index (χ3n) is 4.50. The molecule has 0 aromatic heterocycles. The molecule has 2 aromatic carbocycles. The fourth-order valence-corrected chi connectivity index (χ4v) is 3.41. The molecule has 0 radical (unpaired) electrons. The number of hydrogen-bond acceptors (Lipinski definition) is 4. The first-order valence-corrected chi connectivity index (χ1v) is 9.21. The number of rotatable bonds is 2. The summed E-state index contributed by atoms with van der Waals surface area (Å²) in [5, 5.41) is 0. The molecule has 134 valence electrons. The zero-order valence-corrected chi connectivity index (χ0v) is 15.5. The van der Waals surface area contributed by atoms with Crippen LogP contribution in [-0.2, 0) is 11.8 Å². The van der Waals surface area contributed by atoms with E-state index < -0.39 is 10.2 Å². The Kier molecular flexibility index (Phi) is 5.66. The number of benzene rings is 2. The van der Waals surface area contributed by atoms with Crippen LogP contribution in [0.4, 0.5) is 5.69 Å². The average Bonchev–Trinajstić information content (AvgIpc) is 2.73. The fourth-order valence-electron chi connectivity index (χ4n) is 3.41. The van der Waals surface area contributed by atoms with E-state index in [4.69, 9.17) is 18.6 Å². The molecule has 0 saturated carbocycles. The molecular weight excluding hydrogens is 342 g/mol. The van der Waals surface area contributed by atoms with E-state index in [1.54, 1.807) is 0 Å². The van der Waals surface area contributed by atoms with Crippen molar-refractivity contribution in [2.75, 3.05) is 7.05 Å². The lowest BCUT2D eigenvalue weighted by atomic mass is 9.79. The van der Waals surface area contributed by atoms with Gasteiger partial charge in [0.05, 0.1) is 5.41 Å². The molecule has 0 unspecified atom stereocenters. The number of aryl methyl sites for hydroxylation is 1. The summed E-state index contributed by atoms with van der Waals surface area (Å²) in [6.45, 7) is 6.83. The number of nitrogens with zero attached hydrogens (tertiary/aromatic N) is 1. The molecule has 6 heteroatoms. The molecule has 0 spiro atoms. The summed E-state index contributed by atoms with van der Waals surface area (Å²) in [6.07, 6.45) is 1.09. The summed E-state index contributed by atoms with van der Waals surface area (Å²) in [5.41, 5.74) is 6.90. The Hall–Kier alpha value is -1.76. The highest BCUT2D eigenvalue weighted by atomic mass is 35.7. The maximum atomic E-state index is 8.49. The Morgan fingerprint density at radius 3 is 1.92 bits per heavy atom. The van der Waals surface area contributed by atoms with Crippen LogP contribution >= 0.6 is 0 Å². The van der Waals surface area contributed by atoms with Crippen LogP contribution < -0.4 is 18.6 Å². The van der Waals surface area contributed by atoms with Gasteiger partial charge in [-0.1, -0.05) is 37.3 Å². The molecule has 0 aliphatic carbocycles. The lowest BCUT2D eigenvalue weighted by molar-refractivity contribution is -2.00. The summed E-state index contributed by atoms with van der Waals surface area (Å²) in [7, 11) is -2.77. The van der Waals surface area contributed by atoms with Crippen LogP contribution in [-0.4, -0.2) is 17.3 Å². The average molecular weight is 364 g/mol. The van der Waals surface area contributed by atoms with Gasteiger partial charge in [0.1, 0.15) is 7.05 Å². The van der Waals surface area contributed by atoms with Gasteiger partial charge in [-0.3, -0.25) is 0 Å². The van der Waals surface area contributed by atoms with Gasteiger partial charge in [-0.25, -0.2) is 18.6 Å². The molecule has 0 saturated heterocycles. The molecule has 1 aliphatic rings. The lowest BCUT2D eigenvalue weighted by Gasteiger charge is -2.17. The second-order valence-electron chi connectivity index (χ2n) is 6.48. The highest BCUT2D eigenvalue weighted by Crippen LogP contribution is 2.40. The van der Waals surface area contributed by atoms with Crippen molar-refractivity contribution in [3.05, 3.63) is 65.2 Å². The SMILES string of the molecule is CCc1ccc(C2=[N+](C)c3ccccc3C2(C)C)cc1.[O-][Cl+3]([O-])([O-])[O-]. The van der Waals surface area contributed by atoms with Crippen LogP contribution in [0.15, 0.2) is 48.5 Å². The monoisotopic (exact) mass is 363 g/mol. The van der Waals surface area contributed by atoms with Crippen molar-refractivity contribution < 1.29 is 33.5 Å². The first kappa shape index (κ1) is 19.6. The molecule has 0 fully saturated rings. The normalized spacial score (nSPS) is 15.5. The smallest absolute Gasteiger partial charge is 0.209 e. The van der Waals surface area contributed by atoms with Crippen molar-refractivity contribution in [1.82, 2.24) is 0 Å². The lowest BCUT2D eigenvalue weighted by Crippen LogP contribution is -2.68. The molecule has 25 heavy (non-hydrogen) atoms. The minimum atomic E-state index is -4.94. The van der Waals surface area contributed by atoms with Crippen LogP contribution in [0.5, 0.6) is 0 Å². The number of hydrogen-bond donors (Lipinski definition) is 0. The van der Waals surface area contributed by atoms with Gasteiger partial charge < -0.3 is 0 Å². The minimum absolute atomic E-state index is 0.0546. The van der Waals surface area contributed by atoms with Crippen molar-refractivity contribution in [3.8, 4) is 0 Å². The standard InChI is InChI=1S/C19H22N.ClHO4/c1-5-14-10-12-15(13-11-14)18-19(2,3)16-8-6-7-9-17(16)20(18)4;2-1(3,4)5/h6-13H,5H2,1-4H3;(H,2,3,4,5)/q+1;/p-1. The zero-order chi connectivity index (χ0) is 18.8. The number of para-hydroxylation sites is 1. The molecule has 2 aromatic rings. The van der Waals surface area contributed by atoms with Crippen molar-refractivity contribution in [1.29, 1.82) is 0 Å². The van der Waals surface area contributed by atoms with Crippen molar-refractivity contribution in [2.24, 2.45) is 0 Å². The van der Waals surface area contributed by atoms with Gasteiger partial charge in [-0.05, 0) is 38.0 Å². The zero-order valence-electron chi connectivity index (χ0n) is 14.8. The maximum absolute atomic E-state index is 8.49. The summed E-state index contributed by atoms with van der Waals surface area (Å²) in [4.78, 5) is 0. The third-order valence-corrected chi connectivity index (χ3v) is 4.50. The Labute approximate surface area is 150 Å². The molecule has 0 amide bonds. The van der Waals surface area contributed by atoms with Crippen LogP contribution in [0.3, 0.4) is 0 Å². The Morgan fingerprint density at radius 2 is 1.44 bits per heavy atom. The third kappa shape index (κ3) is 4.45. The summed E-state index contributed by atoms with van der Waals surface area (Å²) in [6, 6.07) is 17.7. The van der Waals surface area contributed by atoms with Crippen molar-refractivity contribution in [3.63, 3.8) is 0 Å². The van der Waals surface area contributed by atoms with Gasteiger partial charge in [-0.15, -0.1) is 10.2 Å². The van der Waals surface area contributed by atoms with Gasteiger partial charge in [0, 0.05) is 17.2 Å². The van der Waals surface area contributed by atoms with Crippen LogP contribution in [0.1, 0.15) is 37.5 Å². The van der Waals surface area contributed by atoms with Gasteiger partial charge in [0.15, 0.2) is 5.71 Å². The molecule has 0 bridgehead atoms. The van der Waals surface area contributed by atoms with Crippen molar-refractivity contribution in [2.45, 2.75) is 32.6 Å². The van der Waals surface area contributed by atoms with E-state index in [-0.39, 0.29) is 5.41 Å². The first-order chi connectivity index (χ1) is 11.6. The minimum Gasteiger partial charge on any atom is -0.222 e. The summed E-state index contributed by atoms with van der Waals surface area (Å²) < 4.78 is 36.3. The Bertz CT molecular complexity index is 771. The van der Waals surface area contributed by atoms with E-state index >= 15 is 0 Å². The van der Waals surface area contributed by atoms with Crippen molar-refractivity contribution >= 4 is 11.4 Å². The van der Waals surface area contributed by atoms with E-state index in [1.807, 2.05) is 0 Å². The molecule has 0 N–H and O–H groups in total. The van der Waals surface area contributed by atoms with E-state index in [0.717, 1.165) is 6.42 Å². The molecular formula is C19H22ClNO4.